The third kappa shape index (κ3) is 3.98. The molecule has 1 aromatic carbocycles. The minimum Gasteiger partial charge on any atom is -0.376 e. The van der Waals surface area contributed by atoms with Gasteiger partial charge in [0, 0.05) is 24.8 Å². The summed E-state index contributed by atoms with van der Waals surface area (Å²) in [6, 6.07) is 5.16. The SMILES string of the molecule is O=C(NC1CCCC1)c1ccc2c(=O)[nH]c3c(C(=O)NCC4CCCO4)sc(=S)n3c2c1. The third-order valence-electron chi connectivity index (χ3n) is 6.20. The molecule has 8 nitrogen and oxygen atoms in total. The molecule has 1 unspecified atom stereocenters. The quantitative estimate of drug-likeness (QED) is 0.495. The van der Waals surface area contributed by atoms with Gasteiger partial charge in [-0.3, -0.25) is 18.8 Å². The van der Waals surface area contributed by atoms with Gasteiger partial charge in [0.05, 0.1) is 17.0 Å². The highest BCUT2D eigenvalue weighted by Gasteiger charge is 2.22. The molecule has 3 aromatic rings. The van der Waals surface area contributed by atoms with Crippen molar-refractivity contribution >= 4 is 51.9 Å². The molecule has 10 heteroatoms. The molecule has 2 aliphatic rings. The lowest BCUT2D eigenvalue weighted by Gasteiger charge is -2.12. The molecule has 2 amide bonds. The topological polar surface area (TPSA) is 105 Å². The van der Waals surface area contributed by atoms with Gasteiger partial charge in [0.2, 0.25) is 0 Å². The van der Waals surface area contributed by atoms with Gasteiger partial charge in [-0.1, -0.05) is 24.2 Å². The molecule has 3 heterocycles. The molecule has 2 aromatic heterocycles. The number of rotatable bonds is 5. The van der Waals surface area contributed by atoms with E-state index in [4.69, 9.17) is 17.0 Å². The molecule has 0 bridgehead atoms. The number of carbonyl (C=O) groups excluding carboxylic acids is 2. The van der Waals surface area contributed by atoms with Crippen molar-refractivity contribution in [2.24, 2.45) is 0 Å². The molecule has 0 radical (unpaired) electrons. The van der Waals surface area contributed by atoms with Crippen molar-refractivity contribution in [2.75, 3.05) is 13.2 Å². The fraction of sp³-hybridized carbons (Fsp3) is 0.455. The summed E-state index contributed by atoms with van der Waals surface area (Å²) in [6.45, 7) is 1.13. The maximum Gasteiger partial charge on any atom is 0.265 e. The Balaban J connectivity index is 1.51. The third-order valence-corrected chi connectivity index (χ3v) is 7.57. The molecule has 168 valence electrons. The van der Waals surface area contributed by atoms with Crippen LogP contribution >= 0.6 is 23.6 Å². The fourth-order valence-corrected chi connectivity index (χ4v) is 5.81. The van der Waals surface area contributed by atoms with Gasteiger partial charge in [0.25, 0.3) is 17.4 Å². The number of thiazole rings is 1. The number of carbonyl (C=O) groups is 2. The van der Waals surface area contributed by atoms with Gasteiger partial charge in [-0.05, 0) is 56.1 Å². The lowest BCUT2D eigenvalue weighted by Crippen LogP contribution is -2.32. The maximum atomic E-state index is 12.8. The molecule has 5 rings (SSSR count). The number of nitrogens with one attached hydrogen (secondary N) is 3. The Morgan fingerprint density at radius 3 is 2.75 bits per heavy atom. The number of aromatic amines is 1. The Morgan fingerprint density at radius 1 is 1.19 bits per heavy atom. The predicted octanol–water partition coefficient (Wildman–Crippen LogP) is 3.15. The van der Waals surface area contributed by atoms with Gasteiger partial charge in [-0.2, -0.15) is 0 Å². The molecule has 2 fully saturated rings. The highest BCUT2D eigenvalue weighted by atomic mass is 32.1. The van der Waals surface area contributed by atoms with E-state index in [1.165, 1.54) is 0 Å². The van der Waals surface area contributed by atoms with Crippen molar-refractivity contribution in [3.05, 3.63) is 42.9 Å². The van der Waals surface area contributed by atoms with Crippen molar-refractivity contribution in [3.63, 3.8) is 0 Å². The summed E-state index contributed by atoms with van der Waals surface area (Å²) in [5, 5.41) is 6.37. The maximum absolute atomic E-state index is 12.8. The van der Waals surface area contributed by atoms with Crippen LogP contribution in [0.5, 0.6) is 0 Å². The zero-order valence-electron chi connectivity index (χ0n) is 17.4. The number of fused-ring (bicyclic) bond motifs is 3. The van der Waals surface area contributed by atoms with Crippen molar-refractivity contribution in [1.82, 2.24) is 20.0 Å². The highest BCUT2D eigenvalue weighted by molar-refractivity contribution is 7.73. The molecule has 1 atom stereocenters. The van der Waals surface area contributed by atoms with Crippen molar-refractivity contribution in [2.45, 2.75) is 50.7 Å². The first-order chi connectivity index (χ1) is 15.5. The van der Waals surface area contributed by atoms with Crippen LogP contribution in [0.4, 0.5) is 0 Å². The van der Waals surface area contributed by atoms with Gasteiger partial charge in [0.1, 0.15) is 10.5 Å². The first-order valence-corrected chi connectivity index (χ1v) is 12.2. The number of nitrogens with zero attached hydrogens (tertiary/aromatic N) is 1. The van der Waals surface area contributed by atoms with Crippen LogP contribution in [0.25, 0.3) is 16.6 Å². The van der Waals surface area contributed by atoms with Crippen LogP contribution in [0.3, 0.4) is 0 Å². The lowest BCUT2D eigenvalue weighted by atomic mass is 10.1. The predicted molar refractivity (Wildman–Crippen MR) is 125 cm³/mol. The number of amides is 2. The number of hydrogen-bond acceptors (Lipinski definition) is 6. The van der Waals surface area contributed by atoms with E-state index in [1.54, 1.807) is 22.6 Å². The second-order valence-corrected chi connectivity index (χ2v) is 10.0. The number of hydrogen-bond donors (Lipinski definition) is 3. The average molecular weight is 473 g/mol. The van der Waals surface area contributed by atoms with E-state index in [-0.39, 0.29) is 29.5 Å². The molecule has 1 saturated carbocycles. The summed E-state index contributed by atoms with van der Waals surface area (Å²) in [6.07, 6.45) is 6.15. The van der Waals surface area contributed by atoms with Crippen LogP contribution in [-0.4, -0.2) is 46.5 Å². The van der Waals surface area contributed by atoms with Crippen LogP contribution in [0.1, 0.15) is 58.6 Å². The Kier molecular flexibility index (Phi) is 5.83. The van der Waals surface area contributed by atoms with Crippen LogP contribution < -0.4 is 16.2 Å². The molecule has 32 heavy (non-hydrogen) atoms. The van der Waals surface area contributed by atoms with Crippen molar-refractivity contribution < 1.29 is 14.3 Å². The smallest absolute Gasteiger partial charge is 0.265 e. The van der Waals surface area contributed by atoms with Crippen LogP contribution in [0, 0.1) is 3.95 Å². The number of H-pyrrole nitrogens is 1. The number of benzene rings is 1. The lowest BCUT2D eigenvalue weighted by molar-refractivity contribution is 0.0861. The van der Waals surface area contributed by atoms with Crippen LogP contribution in [-0.2, 0) is 4.74 Å². The summed E-state index contributed by atoms with van der Waals surface area (Å²) >= 11 is 6.67. The molecule has 1 aliphatic heterocycles. The van der Waals surface area contributed by atoms with Crippen LogP contribution in [0.2, 0.25) is 0 Å². The Hall–Kier alpha value is -2.56. The van der Waals surface area contributed by atoms with E-state index < -0.39 is 0 Å². The molecular formula is C22H24N4O4S2. The highest BCUT2D eigenvalue weighted by Crippen LogP contribution is 2.24. The summed E-state index contributed by atoms with van der Waals surface area (Å²) in [5.74, 6) is -0.465. The monoisotopic (exact) mass is 472 g/mol. The number of ether oxygens (including phenoxy) is 1. The Morgan fingerprint density at radius 2 is 2.00 bits per heavy atom. The van der Waals surface area contributed by atoms with Gasteiger partial charge in [0.15, 0.2) is 3.95 Å². The Labute approximate surface area is 193 Å². The summed E-state index contributed by atoms with van der Waals surface area (Å²) in [7, 11) is 0. The minimum atomic E-state index is -0.330. The molecule has 1 saturated heterocycles. The largest absolute Gasteiger partial charge is 0.376 e. The summed E-state index contributed by atoms with van der Waals surface area (Å²) in [4.78, 5) is 41.5. The van der Waals surface area contributed by atoms with Crippen molar-refractivity contribution in [3.8, 4) is 0 Å². The van der Waals surface area contributed by atoms with Crippen molar-refractivity contribution in [1.29, 1.82) is 0 Å². The van der Waals surface area contributed by atoms with E-state index >= 15 is 0 Å². The number of aromatic nitrogens is 2. The first kappa shape index (κ1) is 21.3. The molecule has 1 aliphatic carbocycles. The second-order valence-electron chi connectivity index (χ2n) is 8.37. The fourth-order valence-electron chi connectivity index (χ4n) is 4.52. The van der Waals surface area contributed by atoms with E-state index in [9.17, 15) is 14.4 Å². The summed E-state index contributed by atoms with van der Waals surface area (Å²) in [5.41, 5.74) is 0.996. The Bertz CT molecular complexity index is 1310. The van der Waals surface area contributed by atoms with Gasteiger partial charge < -0.3 is 20.4 Å². The van der Waals surface area contributed by atoms with Gasteiger partial charge >= 0.3 is 0 Å². The normalized spacial score (nSPS) is 19.1. The standard InChI is InChI=1S/C22H24N4O4S2/c27-19(24-13-4-1-2-5-13)12-7-8-15-16(10-12)26-18(25-20(15)28)17(32-22(26)31)21(29)23-11-14-6-3-9-30-14/h7-8,10,13-14H,1-6,9,11H2,(H,23,29)(H,24,27)(H,25,28). The van der Waals surface area contributed by atoms with E-state index in [2.05, 4.69) is 15.6 Å². The van der Waals surface area contributed by atoms with E-state index in [0.717, 1.165) is 49.9 Å². The zero-order valence-corrected chi connectivity index (χ0v) is 19.1. The average Bonchev–Trinajstić information content (AvgIpc) is 3.54. The summed E-state index contributed by atoms with van der Waals surface area (Å²) < 4.78 is 7.66. The molecular weight excluding hydrogens is 448 g/mol. The minimum absolute atomic E-state index is 0.0154. The van der Waals surface area contributed by atoms with Crippen LogP contribution in [0.15, 0.2) is 23.0 Å². The van der Waals surface area contributed by atoms with Gasteiger partial charge in [-0.25, -0.2) is 0 Å². The molecule has 3 N–H and O–H groups in total. The van der Waals surface area contributed by atoms with Gasteiger partial charge in [-0.15, -0.1) is 0 Å². The molecule has 0 spiro atoms. The van der Waals surface area contributed by atoms with E-state index in [1.807, 2.05) is 0 Å². The van der Waals surface area contributed by atoms with E-state index in [0.29, 0.717) is 44.1 Å². The second kappa shape index (κ2) is 8.76. The first-order valence-electron chi connectivity index (χ1n) is 10.9. The zero-order chi connectivity index (χ0) is 22.2.